The van der Waals surface area contributed by atoms with Crippen LogP contribution in [0.2, 0.25) is 0 Å². The molecular weight excluding hydrogens is 427 g/mol. The molecule has 2 aliphatic rings. The number of carboxylic acids is 1. The van der Waals surface area contributed by atoms with Crippen molar-refractivity contribution in [2.45, 2.75) is 51.1 Å². The van der Waals surface area contributed by atoms with E-state index in [9.17, 15) is 18.0 Å². The van der Waals surface area contributed by atoms with Gasteiger partial charge in [-0.05, 0) is 97.5 Å². The molecular formula is C27H30F3NO2. The van der Waals surface area contributed by atoms with Gasteiger partial charge >= 0.3 is 12.1 Å². The van der Waals surface area contributed by atoms with E-state index < -0.39 is 17.7 Å². The SMILES string of the molecule is O=C(O)CCC1CCN(CCC=C2c3ccccc3CCc3cc(C(F)(F)F)ccc32)CC1. The first-order valence-electron chi connectivity index (χ1n) is 11.7. The van der Waals surface area contributed by atoms with Crippen molar-refractivity contribution in [1.29, 1.82) is 0 Å². The minimum Gasteiger partial charge on any atom is -0.481 e. The fourth-order valence-electron chi connectivity index (χ4n) is 5.09. The molecule has 1 saturated heterocycles. The molecule has 0 bridgehead atoms. The number of nitrogens with zero attached hydrogens (tertiary/aromatic N) is 1. The van der Waals surface area contributed by atoms with Crippen molar-refractivity contribution < 1.29 is 23.1 Å². The van der Waals surface area contributed by atoms with E-state index in [0.29, 0.717) is 12.3 Å². The summed E-state index contributed by atoms with van der Waals surface area (Å²) in [7, 11) is 0. The van der Waals surface area contributed by atoms with Crippen molar-refractivity contribution in [1.82, 2.24) is 4.90 Å². The molecule has 1 N–H and O–H groups in total. The number of halogens is 3. The van der Waals surface area contributed by atoms with Crippen LogP contribution in [0.4, 0.5) is 13.2 Å². The molecule has 2 aromatic rings. The van der Waals surface area contributed by atoms with Crippen LogP contribution >= 0.6 is 0 Å². The number of likely N-dealkylation sites (tertiary alicyclic amines) is 1. The zero-order valence-corrected chi connectivity index (χ0v) is 18.7. The number of hydrogen-bond acceptors (Lipinski definition) is 2. The second kappa shape index (κ2) is 10.1. The molecule has 0 aromatic heterocycles. The topological polar surface area (TPSA) is 40.5 Å². The lowest BCUT2D eigenvalue weighted by Gasteiger charge is -2.31. The Morgan fingerprint density at radius 2 is 1.73 bits per heavy atom. The van der Waals surface area contributed by atoms with E-state index in [-0.39, 0.29) is 6.42 Å². The number of carbonyl (C=O) groups is 1. The van der Waals surface area contributed by atoms with Gasteiger partial charge in [-0.1, -0.05) is 36.4 Å². The fraction of sp³-hybridized carbons (Fsp3) is 0.444. The molecule has 1 heterocycles. The summed E-state index contributed by atoms with van der Waals surface area (Å²) in [5.41, 5.74) is 4.39. The third kappa shape index (κ3) is 5.85. The minimum atomic E-state index is -4.34. The monoisotopic (exact) mass is 457 g/mol. The van der Waals surface area contributed by atoms with Crippen molar-refractivity contribution in [3.05, 3.63) is 76.4 Å². The van der Waals surface area contributed by atoms with Gasteiger partial charge in [0.15, 0.2) is 0 Å². The summed E-state index contributed by atoms with van der Waals surface area (Å²) in [5.74, 6) is -0.241. The quantitative estimate of drug-likeness (QED) is 0.561. The Balaban J connectivity index is 1.49. The van der Waals surface area contributed by atoms with Gasteiger partial charge in [-0.15, -0.1) is 0 Å². The summed E-state index contributed by atoms with van der Waals surface area (Å²) in [6.45, 7) is 2.83. The Morgan fingerprint density at radius 3 is 2.45 bits per heavy atom. The zero-order valence-electron chi connectivity index (χ0n) is 18.7. The molecule has 0 atom stereocenters. The van der Waals surface area contributed by atoms with Crippen LogP contribution in [0.1, 0.15) is 59.9 Å². The maximum atomic E-state index is 13.3. The molecule has 1 aliphatic carbocycles. The molecule has 176 valence electrons. The molecule has 0 amide bonds. The summed E-state index contributed by atoms with van der Waals surface area (Å²) >= 11 is 0. The summed E-state index contributed by atoms with van der Waals surface area (Å²) < 4.78 is 39.9. The Kier molecular flexibility index (Phi) is 7.23. The first kappa shape index (κ1) is 23.6. The maximum Gasteiger partial charge on any atom is 0.416 e. The first-order valence-corrected chi connectivity index (χ1v) is 11.7. The number of fused-ring (bicyclic) bond motifs is 2. The highest BCUT2D eigenvalue weighted by Gasteiger charge is 2.31. The highest BCUT2D eigenvalue weighted by Crippen LogP contribution is 2.37. The smallest absolute Gasteiger partial charge is 0.416 e. The highest BCUT2D eigenvalue weighted by molar-refractivity contribution is 5.84. The van der Waals surface area contributed by atoms with Crippen LogP contribution in [0.15, 0.2) is 48.5 Å². The normalized spacial score (nSPS) is 18.6. The molecule has 0 radical (unpaired) electrons. The number of aryl methyl sites for hydroxylation is 2. The van der Waals surface area contributed by atoms with Crippen LogP contribution in [-0.2, 0) is 23.8 Å². The lowest BCUT2D eigenvalue weighted by Crippen LogP contribution is -2.34. The minimum absolute atomic E-state index is 0.242. The van der Waals surface area contributed by atoms with E-state index in [1.165, 1.54) is 17.7 Å². The van der Waals surface area contributed by atoms with Gasteiger partial charge in [-0.3, -0.25) is 4.79 Å². The van der Waals surface area contributed by atoms with Gasteiger partial charge < -0.3 is 10.0 Å². The Labute approximate surface area is 192 Å². The maximum absolute atomic E-state index is 13.3. The molecule has 0 spiro atoms. The molecule has 1 aliphatic heterocycles. The van der Waals surface area contributed by atoms with Gasteiger partial charge in [0, 0.05) is 13.0 Å². The molecule has 0 saturated carbocycles. The average molecular weight is 458 g/mol. The van der Waals surface area contributed by atoms with Crippen LogP contribution in [-0.4, -0.2) is 35.6 Å². The molecule has 6 heteroatoms. The van der Waals surface area contributed by atoms with Crippen molar-refractivity contribution in [2.24, 2.45) is 5.92 Å². The predicted octanol–water partition coefficient (Wildman–Crippen LogP) is 6.20. The van der Waals surface area contributed by atoms with Crippen LogP contribution in [0.25, 0.3) is 5.57 Å². The Bertz CT molecular complexity index is 1020. The summed E-state index contributed by atoms with van der Waals surface area (Å²) in [5, 5.41) is 8.88. The van der Waals surface area contributed by atoms with Crippen molar-refractivity contribution in [3.63, 3.8) is 0 Å². The third-order valence-corrected chi connectivity index (χ3v) is 6.96. The predicted molar refractivity (Wildman–Crippen MR) is 123 cm³/mol. The van der Waals surface area contributed by atoms with E-state index in [1.54, 1.807) is 6.07 Å². The van der Waals surface area contributed by atoms with E-state index in [2.05, 4.69) is 23.1 Å². The number of rotatable bonds is 6. The molecule has 3 nitrogen and oxygen atoms in total. The van der Waals surface area contributed by atoms with Gasteiger partial charge in [-0.2, -0.15) is 13.2 Å². The standard InChI is InChI=1S/C27H30F3NO2/c28-27(29,30)22-10-11-24-21(18-22)9-8-20-4-1-2-5-23(20)25(24)6-3-15-31-16-13-19(14-17-31)7-12-26(32)33/h1-2,4-6,10-11,18-19H,3,7-9,12-17H2,(H,32,33). The lowest BCUT2D eigenvalue weighted by atomic mass is 9.91. The van der Waals surface area contributed by atoms with E-state index in [4.69, 9.17) is 5.11 Å². The summed E-state index contributed by atoms with van der Waals surface area (Å²) in [4.78, 5) is 13.2. The van der Waals surface area contributed by atoms with Gasteiger partial charge in [0.25, 0.3) is 0 Å². The van der Waals surface area contributed by atoms with Crippen LogP contribution in [0, 0.1) is 5.92 Å². The number of piperidine rings is 1. The zero-order chi connectivity index (χ0) is 23.4. The van der Waals surface area contributed by atoms with Crippen molar-refractivity contribution in [2.75, 3.05) is 19.6 Å². The number of alkyl halides is 3. The summed E-state index contributed by atoms with van der Waals surface area (Å²) in [6, 6.07) is 12.3. The van der Waals surface area contributed by atoms with Gasteiger partial charge in [-0.25, -0.2) is 0 Å². The fourth-order valence-corrected chi connectivity index (χ4v) is 5.09. The molecule has 4 rings (SSSR count). The molecule has 2 aromatic carbocycles. The molecule has 0 unspecified atom stereocenters. The van der Waals surface area contributed by atoms with Gasteiger partial charge in [0.2, 0.25) is 0 Å². The third-order valence-electron chi connectivity index (χ3n) is 6.96. The number of aliphatic carboxylic acids is 1. The van der Waals surface area contributed by atoms with Gasteiger partial charge in [0.1, 0.15) is 0 Å². The van der Waals surface area contributed by atoms with Crippen LogP contribution in [0.3, 0.4) is 0 Å². The van der Waals surface area contributed by atoms with E-state index in [0.717, 1.165) is 74.0 Å². The van der Waals surface area contributed by atoms with Gasteiger partial charge in [0.05, 0.1) is 5.56 Å². The lowest BCUT2D eigenvalue weighted by molar-refractivity contribution is -0.138. The largest absolute Gasteiger partial charge is 0.481 e. The Morgan fingerprint density at radius 1 is 1.03 bits per heavy atom. The number of hydrogen-bond donors (Lipinski definition) is 1. The second-order valence-electron chi connectivity index (χ2n) is 9.15. The first-order chi connectivity index (χ1) is 15.8. The molecule has 1 fully saturated rings. The van der Waals surface area contributed by atoms with E-state index >= 15 is 0 Å². The second-order valence-corrected chi connectivity index (χ2v) is 9.15. The summed E-state index contributed by atoms with van der Waals surface area (Å²) in [6.07, 6.45) is 3.03. The number of carboxylic acid groups (broad SMARTS) is 1. The van der Waals surface area contributed by atoms with Crippen LogP contribution < -0.4 is 0 Å². The highest BCUT2D eigenvalue weighted by atomic mass is 19.4. The van der Waals surface area contributed by atoms with Crippen molar-refractivity contribution in [3.8, 4) is 0 Å². The van der Waals surface area contributed by atoms with Crippen molar-refractivity contribution >= 4 is 11.5 Å². The average Bonchev–Trinajstić information content (AvgIpc) is 2.95. The molecule has 33 heavy (non-hydrogen) atoms. The Hall–Kier alpha value is -2.60. The van der Waals surface area contributed by atoms with Crippen LogP contribution in [0.5, 0.6) is 0 Å². The van der Waals surface area contributed by atoms with E-state index in [1.807, 2.05) is 12.1 Å². The number of benzene rings is 2.